The largest absolute Gasteiger partial charge is 0.344 e. The predicted molar refractivity (Wildman–Crippen MR) is 57.2 cm³/mol. The third kappa shape index (κ3) is 4.13. The minimum absolute atomic E-state index is 0.162. The normalized spacial score (nSPS) is 11.0. The van der Waals surface area contributed by atoms with Crippen molar-refractivity contribution < 1.29 is 9.47 Å². The molecule has 1 rings (SSSR count). The number of hydrogen-bond acceptors (Lipinski definition) is 4. The smallest absolute Gasteiger partial charge is 0.211 e. The van der Waals surface area contributed by atoms with Crippen molar-refractivity contribution in [1.29, 1.82) is 0 Å². The standard InChI is InChI=1S/C9H14O2S2/c1-3-10-9(11-4-2)13-8-5-6-12-7-8/h5-7,9H,3-4H2,1-2H3. The molecule has 1 heterocycles. The molecule has 0 spiro atoms. The third-order valence-electron chi connectivity index (χ3n) is 1.33. The molecule has 74 valence electrons. The van der Waals surface area contributed by atoms with Gasteiger partial charge in [0.2, 0.25) is 5.62 Å². The van der Waals surface area contributed by atoms with E-state index in [0.717, 1.165) is 0 Å². The van der Waals surface area contributed by atoms with Gasteiger partial charge in [0.25, 0.3) is 0 Å². The Balaban J connectivity index is 2.37. The molecule has 2 nitrogen and oxygen atoms in total. The number of rotatable bonds is 6. The van der Waals surface area contributed by atoms with Crippen LogP contribution in [0.15, 0.2) is 21.7 Å². The van der Waals surface area contributed by atoms with Crippen LogP contribution in [-0.2, 0) is 9.47 Å². The molecule has 13 heavy (non-hydrogen) atoms. The first kappa shape index (κ1) is 11.0. The number of thiophene rings is 1. The second-order valence-electron chi connectivity index (χ2n) is 2.28. The average Bonchev–Trinajstić information content (AvgIpc) is 2.58. The summed E-state index contributed by atoms with van der Waals surface area (Å²) in [6, 6.07) is 2.07. The lowest BCUT2D eigenvalue weighted by atomic mass is 10.7. The molecule has 0 aliphatic rings. The summed E-state index contributed by atoms with van der Waals surface area (Å²) in [4.78, 5) is 1.21. The first-order valence-corrected chi connectivity index (χ1v) is 6.11. The Morgan fingerprint density at radius 3 is 2.54 bits per heavy atom. The maximum absolute atomic E-state index is 5.40. The lowest BCUT2D eigenvalue weighted by Gasteiger charge is -2.14. The summed E-state index contributed by atoms with van der Waals surface area (Å²) < 4.78 is 10.8. The summed E-state index contributed by atoms with van der Waals surface area (Å²) in [5.74, 6) is 0. The van der Waals surface area contributed by atoms with Crippen molar-refractivity contribution in [2.75, 3.05) is 13.2 Å². The van der Waals surface area contributed by atoms with Crippen LogP contribution in [-0.4, -0.2) is 18.8 Å². The molecule has 0 atom stereocenters. The van der Waals surface area contributed by atoms with E-state index in [-0.39, 0.29) is 5.62 Å². The van der Waals surface area contributed by atoms with Crippen molar-refractivity contribution in [2.45, 2.75) is 24.4 Å². The minimum atomic E-state index is -0.162. The summed E-state index contributed by atoms with van der Waals surface area (Å²) in [6.45, 7) is 5.31. The van der Waals surface area contributed by atoms with Crippen LogP contribution >= 0.6 is 23.1 Å². The van der Waals surface area contributed by atoms with Gasteiger partial charge < -0.3 is 9.47 Å². The van der Waals surface area contributed by atoms with Crippen LogP contribution in [0.5, 0.6) is 0 Å². The zero-order valence-electron chi connectivity index (χ0n) is 7.86. The number of ether oxygens (including phenoxy) is 2. The zero-order chi connectivity index (χ0) is 9.52. The van der Waals surface area contributed by atoms with Crippen LogP contribution in [0, 0.1) is 0 Å². The Morgan fingerprint density at radius 2 is 2.08 bits per heavy atom. The molecular formula is C9H14O2S2. The van der Waals surface area contributed by atoms with E-state index in [9.17, 15) is 0 Å². The van der Waals surface area contributed by atoms with Crippen LogP contribution in [0.25, 0.3) is 0 Å². The fourth-order valence-corrected chi connectivity index (χ4v) is 2.59. The van der Waals surface area contributed by atoms with E-state index in [1.807, 2.05) is 13.8 Å². The Kier molecular flexibility index (Phi) is 5.46. The average molecular weight is 218 g/mol. The van der Waals surface area contributed by atoms with E-state index in [4.69, 9.17) is 9.47 Å². The molecule has 0 aromatic carbocycles. The lowest BCUT2D eigenvalue weighted by molar-refractivity contribution is -0.0737. The Bertz CT molecular complexity index is 205. The number of hydrogen-bond donors (Lipinski definition) is 0. The molecule has 0 aliphatic heterocycles. The summed E-state index contributed by atoms with van der Waals surface area (Å²) in [5.41, 5.74) is -0.162. The molecule has 0 N–H and O–H groups in total. The highest BCUT2D eigenvalue weighted by Crippen LogP contribution is 2.26. The van der Waals surface area contributed by atoms with Gasteiger partial charge in [-0.3, -0.25) is 0 Å². The van der Waals surface area contributed by atoms with Gasteiger partial charge >= 0.3 is 0 Å². The number of thioether (sulfide) groups is 1. The van der Waals surface area contributed by atoms with Crippen molar-refractivity contribution in [2.24, 2.45) is 0 Å². The van der Waals surface area contributed by atoms with Crippen LogP contribution in [0.3, 0.4) is 0 Å². The predicted octanol–water partition coefficient (Wildman–Crippen LogP) is 3.20. The van der Waals surface area contributed by atoms with Gasteiger partial charge in [-0.25, -0.2) is 0 Å². The maximum atomic E-state index is 5.40. The van der Waals surface area contributed by atoms with Crippen molar-refractivity contribution in [3.8, 4) is 0 Å². The van der Waals surface area contributed by atoms with Crippen LogP contribution in [0.4, 0.5) is 0 Å². The molecule has 4 heteroatoms. The van der Waals surface area contributed by atoms with E-state index in [0.29, 0.717) is 13.2 Å². The zero-order valence-corrected chi connectivity index (χ0v) is 9.49. The Hall–Kier alpha value is -0.0300. The lowest BCUT2D eigenvalue weighted by Crippen LogP contribution is -2.12. The highest BCUT2D eigenvalue weighted by molar-refractivity contribution is 7.99. The van der Waals surface area contributed by atoms with Crippen molar-refractivity contribution in [1.82, 2.24) is 0 Å². The highest BCUT2D eigenvalue weighted by Gasteiger charge is 2.09. The fourth-order valence-electron chi connectivity index (χ4n) is 0.818. The summed E-state index contributed by atoms with van der Waals surface area (Å²) in [7, 11) is 0. The van der Waals surface area contributed by atoms with Gasteiger partial charge in [-0.1, -0.05) is 11.8 Å². The minimum Gasteiger partial charge on any atom is -0.344 e. The first-order chi connectivity index (χ1) is 6.36. The molecule has 0 amide bonds. The van der Waals surface area contributed by atoms with Crippen LogP contribution in [0.1, 0.15) is 13.8 Å². The van der Waals surface area contributed by atoms with Gasteiger partial charge in [0.15, 0.2) is 0 Å². The molecule has 0 bridgehead atoms. The van der Waals surface area contributed by atoms with E-state index in [1.165, 1.54) is 4.90 Å². The van der Waals surface area contributed by atoms with Gasteiger partial charge in [-0.05, 0) is 25.3 Å². The van der Waals surface area contributed by atoms with Gasteiger partial charge in [0.05, 0.1) is 0 Å². The van der Waals surface area contributed by atoms with E-state index in [1.54, 1.807) is 23.1 Å². The van der Waals surface area contributed by atoms with Crippen molar-refractivity contribution >= 4 is 23.1 Å². The van der Waals surface area contributed by atoms with Gasteiger partial charge in [-0.2, -0.15) is 11.3 Å². The van der Waals surface area contributed by atoms with Gasteiger partial charge in [0.1, 0.15) is 0 Å². The molecule has 1 aromatic rings. The monoisotopic (exact) mass is 218 g/mol. The first-order valence-electron chi connectivity index (χ1n) is 4.28. The Morgan fingerprint density at radius 1 is 1.38 bits per heavy atom. The SMILES string of the molecule is CCOC(OCC)Sc1ccsc1. The highest BCUT2D eigenvalue weighted by atomic mass is 32.2. The van der Waals surface area contributed by atoms with Crippen molar-refractivity contribution in [3.05, 3.63) is 16.8 Å². The summed E-state index contributed by atoms with van der Waals surface area (Å²) in [5, 5.41) is 4.15. The second-order valence-corrected chi connectivity index (χ2v) is 4.15. The molecule has 0 unspecified atom stereocenters. The van der Waals surface area contributed by atoms with Gasteiger partial charge in [-0.15, -0.1) is 0 Å². The fraction of sp³-hybridized carbons (Fsp3) is 0.556. The maximum Gasteiger partial charge on any atom is 0.211 e. The van der Waals surface area contributed by atoms with Crippen LogP contribution in [0.2, 0.25) is 0 Å². The molecular weight excluding hydrogens is 204 g/mol. The topological polar surface area (TPSA) is 18.5 Å². The third-order valence-corrected chi connectivity index (χ3v) is 3.16. The van der Waals surface area contributed by atoms with E-state index in [2.05, 4.69) is 16.8 Å². The van der Waals surface area contributed by atoms with E-state index >= 15 is 0 Å². The molecule has 0 radical (unpaired) electrons. The van der Waals surface area contributed by atoms with Crippen molar-refractivity contribution in [3.63, 3.8) is 0 Å². The molecule has 0 fully saturated rings. The summed E-state index contributed by atoms with van der Waals surface area (Å²) in [6.07, 6.45) is 0. The van der Waals surface area contributed by atoms with Gasteiger partial charge in [0, 0.05) is 23.5 Å². The van der Waals surface area contributed by atoms with E-state index < -0.39 is 0 Å². The molecule has 0 aliphatic carbocycles. The molecule has 0 saturated heterocycles. The quantitative estimate of drug-likeness (QED) is 0.539. The summed E-state index contributed by atoms with van der Waals surface area (Å²) >= 11 is 3.30. The Labute approximate surface area is 87.2 Å². The molecule has 1 aromatic heterocycles. The second kappa shape index (κ2) is 6.43. The van der Waals surface area contributed by atoms with Crippen LogP contribution < -0.4 is 0 Å². The molecule has 0 saturated carbocycles.